The number of pyridine rings is 1. The minimum absolute atomic E-state index is 0.127. The second kappa shape index (κ2) is 8.20. The first kappa shape index (κ1) is 18.2. The highest BCUT2D eigenvalue weighted by Crippen LogP contribution is 2.24. The minimum Gasteiger partial charge on any atom is -0.439 e. The van der Waals surface area contributed by atoms with Crippen LogP contribution in [0.25, 0.3) is 0 Å². The molecule has 3 N–H and O–H groups in total. The van der Waals surface area contributed by atoms with Crippen LogP contribution in [0.4, 0.5) is 8.78 Å². The molecular formula is C18H20F2N4O2. The van der Waals surface area contributed by atoms with Gasteiger partial charge in [0.15, 0.2) is 11.6 Å². The number of carbonyl (C=O) groups is 1. The van der Waals surface area contributed by atoms with E-state index < -0.39 is 11.6 Å². The Kier molecular flexibility index (Phi) is 5.75. The van der Waals surface area contributed by atoms with E-state index >= 15 is 0 Å². The molecule has 138 valence electrons. The number of nitrogens with one attached hydrogen (secondary N) is 3. The molecule has 0 bridgehead atoms. The zero-order valence-corrected chi connectivity index (χ0v) is 14.3. The van der Waals surface area contributed by atoms with Crippen LogP contribution in [0.3, 0.4) is 0 Å². The number of ether oxygens (including phenoxy) is 1. The number of amides is 1. The standard InChI is InChI=1S/C18H20F2N4O2/c1-2-12-8-16(24-23-12)17(25)22-10-11-4-3-7-21-18(11)26-13-5-6-14(19)15(20)9-13/h3-7,9,12,16,23-24H,2,8,10H2,1H3,(H,22,25). The topological polar surface area (TPSA) is 75.3 Å². The summed E-state index contributed by atoms with van der Waals surface area (Å²) in [6.45, 7) is 2.26. The molecule has 0 saturated carbocycles. The molecule has 2 heterocycles. The minimum atomic E-state index is -1.00. The summed E-state index contributed by atoms with van der Waals surface area (Å²) < 4.78 is 31.9. The Morgan fingerprint density at radius 3 is 2.88 bits per heavy atom. The van der Waals surface area contributed by atoms with Crippen molar-refractivity contribution in [3.8, 4) is 11.6 Å². The number of aromatic nitrogens is 1. The van der Waals surface area contributed by atoms with E-state index in [4.69, 9.17) is 4.74 Å². The Morgan fingerprint density at radius 2 is 2.15 bits per heavy atom. The van der Waals surface area contributed by atoms with Crippen LogP contribution in [-0.2, 0) is 11.3 Å². The van der Waals surface area contributed by atoms with Crippen molar-refractivity contribution in [3.63, 3.8) is 0 Å². The molecule has 1 amide bonds. The van der Waals surface area contributed by atoms with Crippen molar-refractivity contribution in [2.24, 2.45) is 0 Å². The molecule has 1 saturated heterocycles. The Morgan fingerprint density at radius 1 is 1.31 bits per heavy atom. The van der Waals surface area contributed by atoms with Crippen LogP contribution in [0, 0.1) is 11.6 Å². The van der Waals surface area contributed by atoms with Crippen molar-refractivity contribution in [1.82, 2.24) is 21.2 Å². The van der Waals surface area contributed by atoms with Gasteiger partial charge in [-0.05, 0) is 31.0 Å². The molecule has 1 aliphatic heterocycles. The molecule has 8 heteroatoms. The quantitative estimate of drug-likeness (QED) is 0.736. The zero-order valence-electron chi connectivity index (χ0n) is 14.3. The maximum absolute atomic E-state index is 13.3. The second-order valence-corrected chi connectivity index (χ2v) is 6.05. The van der Waals surface area contributed by atoms with Gasteiger partial charge in [-0.3, -0.25) is 10.2 Å². The van der Waals surface area contributed by atoms with Crippen LogP contribution in [0.15, 0.2) is 36.5 Å². The molecule has 0 spiro atoms. The average molecular weight is 362 g/mol. The van der Waals surface area contributed by atoms with E-state index in [0.717, 1.165) is 18.6 Å². The SMILES string of the molecule is CCC1CC(C(=O)NCc2cccnc2Oc2ccc(F)c(F)c2)NN1. The van der Waals surface area contributed by atoms with Crippen LogP contribution in [-0.4, -0.2) is 23.0 Å². The number of rotatable bonds is 6. The third-order valence-electron chi connectivity index (χ3n) is 4.20. The van der Waals surface area contributed by atoms with E-state index in [1.807, 2.05) is 0 Å². The van der Waals surface area contributed by atoms with E-state index in [1.54, 1.807) is 12.1 Å². The summed E-state index contributed by atoms with van der Waals surface area (Å²) in [6.07, 6.45) is 3.17. The molecule has 1 fully saturated rings. The van der Waals surface area contributed by atoms with Crippen LogP contribution < -0.4 is 20.9 Å². The van der Waals surface area contributed by atoms with Crippen molar-refractivity contribution in [3.05, 3.63) is 53.7 Å². The molecule has 6 nitrogen and oxygen atoms in total. The number of carbonyl (C=O) groups excluding carboxylic acids is 1. The predicted molar refractivity (Wildman–Crippen MR) is 91.3 cm³/mol. The van der Waals surface area contributed by atoms with Gasteiger partial charge in [0.05, 0.1) is 0 Å². The number of benzene rings is 1. The van der Waals surface area contributed by atoms with Gasteiger partial charge in [0.1, 0.15) is 11.8 Å². The second-order valence-electron chi connectivity index (χ2n) is 6.05. The van der Waals surface area contributed by atoms with Crippen molar-refractivity contribution in [1.29, 1.82) is 0 Å². The Hall–Kier alpha value is -2.58. The molecular weight excluding hydrogens is 342 g/mol. The Labute approximate surface area is 149 Å². The molecule has 26 heavy (non-hydrogen) atoms. The highest BCUT2D eigenvalue weighted by molar-refractivity contribution is 5.82. The largest absolute Gasteiger partial charge is 0.439 e. The van der Waals surface area contributed by atoms with Gasteiger partial charge in [-0.1, -0.05) is 13.0 Å². The number of nitrogens with zero attached hydrogens (tertiary/aromatic N) is 1. The lowest BCUT2D eigenvalue weighted by Gasteiger charge is -2.13. The van der Waals surface area contributed by atoms with Gasteiger partial charge in [-0.2, -0.15) is 0 Å². The fraction of sp³-hybridized carbons (Fsp3) is 0.333. The maximum atomic E-state index is 13.3. The first-order valence-electron chi connectivity index (χ1n) is 8.42. The average Bonchev–Trinajstić information content (AvgIpc) is 3.13. The summed E-state index contributed by atoms with van der Waals surface area (Å²) in [5.74, 6) is -1.73. The lowest BCUT2D eigenvalue weighted by Crippen LogP contribution is -2.43. The van der Waals surface area contributed by atoms with Gasteiger partial charge >= 0.3 is 0 Å². The van der Waals surface area contributed by atoms with Gasteiger partial charge in [-0.25, -0.2) is 19.2 Å². The lowest BCUT2D eigenvalue weighted by molar-refractivity contribution is -0.123. The van der Waals surface area contributed by atoms with Gasteiger partial charge in [0, 0.05) is 30.4 Å². The van der Waals surface area contributed by atoms with Crippen LogP contribution in [0.1, 0.15) is 25.3 Å². The molecule has 2 aromatic rings. The number of hydrogen-bond donors (Lipinski definition) is 3. The number of hydrazine groups is 1. The molecule has 0 radical (unpaired) electrons. The highest BCUT2D eigenvalue weighted by atomic mass is 19.2. The molecule has 3 rings (SSSR count). The molecule has 0 aliphatic carbocycles. The first-order valence-corrected chi connectivity index (χ1v) is 8.42. The van der Waals surface area contributed by atoms with E-state index in [2.05, 4.69) is 28.1 Å². The van der Waals surface area contributed by atoms with Crippen molar-refractivity contribution in [2.45, 2.75) is 38.4 Å². The first-order chi connectivity index (χ1) is 12.6. The molecule has 2 atom stereocenters. The Bertz CT molecular complexity index is 788. The number of halogens is 2. The third kappa shape index (κ3) is 4.33. The summed E-state index contributed by atoms with van der Waals surface area (Å²) in [7, 11) is 0. The molecule has 1 aliphatic rings. The summed E-state index contributed by atoms with van der Waals surface area (Å²) in [5.41, 5.74) is 6.68. The van der Waals surface area contributed by atoms with Crippen molar-refractivity contribution < 1.29 is 18.3 Å². The fourth-order valence-corrected chi connectivity index (χ4v) is 2.67. The van der Waals surface area contributed by atoms with E-state index in [-0.39, 0.29) is 36.2 Å². The van der Waals surface area contributed by atoms with Gasteiger partial charge in [0.2, 0.25) is 11.8 Å². The van der Waals surface area contributed by atoms with Crippen LogP contribution >= 0.6 is 0 Å². The van der Waals surface area contributed by atoms with Crippen molar-refractivity contribution in [2.75, 3.05) is 0 Å². The summed E-state index contributed by atoms with van der Waals surface area (Å²) in [5, 5.41) is 2.84. The summed E-state index contributed by atoms with van der Waals surface area (Å²) in [4.78, 5) is 16.4. The van der Waals surface area contributed by atoms with Gasteiger partial charge < -0.3 is 10.1 Å². The van der Waals surface area contributed by atoms with Crippen LogP contribution in [0.2, 0.25) is 0 Å². The fourth-order valence-electron chi connectivity index (χ4n) is 2.67. The lowest BCUT2D eigenvalue weighted by atomic mass is 10.1. The molecule has 2 unspecified atom stereocenters. The highest BCUT2D eigenvalue weighted by Gasteiger charge is 2.27. The predicted octanol–water partition coefficient (Wildman–Crippen LogP) is 2.41. The summed E-state index contributed by atoms with van der Waals surface area (Å²) in [6, 6.07) is 6.68. The smallest absolute Gasteiger partial charge is 0.238 e. The Balaban J connectivity index is 1.63. The van der Waals surface area contributed by atoms with Gasteiger partial charge in [0.25, 0.3) is 0 Å². The third-order valence-corrected chi connectivity index (χ3v) is 4.20. The van der Waals surface area contributed by atoms with E-state index in [1.165, 1.54) is 12.3 Å². The van der Waals surface area contributed by atoms with E-state index in [0.29, 0.717) is 12.0 Å². The maximum Gasteiger partial charge on any atom is 0.238 e. The monoisotopic (exact) mass is 362 g/mol. The normalized spacial score (nSPS) is 19.3. The van der Waals surface area contributed by atoms with Crippen molar-refractivity contribution >= 4 is 5.91 Å². The molecule has 1 aromatic carbocycles. The van der Waals surface area contributed by atoms with Crippen LogP contribution in [0.5, 0.6) is 11.6 Å². The zero-order chi connectivity index (χ0) is 18.5. The molecule has 1 aromatic heterocycles. The van der Waals surface area contributed by atoms with E-state index in [9.17, 15) is 13.6 Å². The number of hydrogen-bond acceptors (Lipinski definition) is 5. The summed E-state index contributed by atoms with van der Waals surface area (Å²) >= 11 is 0. The van der Waals surface area contributed by atoms with Gasteiger partial charge in [-0.15, -0.1) is 0 Å².